The maximum absolute atomic E-state index is 11.2. The van der Waals surface area contributed by atoms with Crippen molar-refractivity contribution in [1.82, 2.24) is 0 Å². The quantitative estimate of drug-likeness (QED) is 0.657. The van der Waals surface area contributed by atoms with E-state index < -0.39 is 14.6 Å². The van der Waals surface area contributed by atoms with Crippen molar-refractivity contribution in [2.45, 2.75) is 25.0 Å². The lowest BCUT2D eigenvalue weighted by atomic mass is 10.1. The second-order valence-corrected chi connectivity index (χ2v) is 6.31. The van der Waals surface area contributed by atoms with E-state index in [0.717, 1.165) is 0 Å². The summed E-state index contributed by atoms with van der Waals surface area (Å²) in [6.45, 7) is 3.48. The third-order valence-corrected chi connectivity index (χ3v) is 5.05. The van der Waals surface area contributed by atoms with Gasteiger partial charge < -0.3 is 5.11 Å². The lowest BCUT2D eigenvalue weighted by Crippen LogP contribution is -2.31. The van der Waals surface area contributed by atoms with Crippen molar-refractivity contribution in [3.63, 3.8) is 0 Å². The average molecular weight is 178 g/mol. The van der Waals surface area contributed by atoms with E-state index in [2.05, 4.69) is 0 Å². The van der Waals surface area contributed by atoms with Gasteiger partial charge in [0.2, 0.25) is 0 Å². The van der Waals surface area contributed by atoms with Crippen LogP contribution in [0.4, 0.5) is 0 Å². The van der Waals surface area contributed by atoms with Crippen LogP contribution in [0.5, 0.6) is 0 Å². The van der Waals surface area contributed by atoms with Crippen LogP contribution < -0.4 is 0 Å². The van der Waals surface area contributed by atoms with Gasteiger partial charge in [0.1, 0.15) is 4.75 Å². The lowest BCUT2D eigenvalue weighted by molar-refractivity contribution is 0.266. The number of aliphatic hydroxyl groups is 1. The predicted octanol–water partition coefficient (Wildman–Crippen LogP) is 0.192. The first-order chi connectivity index (χ1) is 4.77. The van der Waals surface area contributed by atoms with Crippen molar-refractivity contribution < 1.29 is 13.5 Å². The fourth-order valence-electron chi connectivity index (χ4n) is 1.69. The van der Waals surface area contributed by atoms with Gasteiger partial charge in [0, 0.05) is 6.26 Å². The lowest BCUT2D eigenvalue weighted by Gasteiger charge is -2.14. The highest BCUT2D eigenvalue weighted by Crippen LogP contribution is 2.60. The zero-order chi connectivity index (χ0) is 8.91. The summed E-state index contributed by atoms with van der Waals surface area (Å²) in [7, 11) is -3.10. The molecule has 11 heavy (non-hydrogen) atoms. The average Bonchev–Trinajstić information content (AvgIpc) is 2.33. The Labute approximate surface area is 67.3 Å². The van der Waals surface area contributed by atoms with Crippen LogP contribution in [0.3, 0.4) is 0 Å². The van der Waals surface area contributed by atoms with Gasteiger partial charge in [-0.1, -0.05) is 13.8 Å². The van der Waals surface area contributed by atoms with Gasteiger partial charge in [-0.2, -0.15) is 0 Å². The summed E-state index contributed by atoms with van der Waals surface area (Å²) >= 11 is 0. The number of hydrogen-bond acceptors (Lipinski definition) is 3. The third kappa shape index (κ3) is 0.999. The maximum Gasteiger partial charge on any atom is 0.155 e. The van der Waals surface area contributed by atoms with Crippen LogP contribution in [-0.4, -0.2) is 31.1 Å². The Balaban J connectivity index is 3.03. The normalized spacial score (nSPS) is 35.3. The van der Waals surface area contributed by atoms with Gasteiger partial charge in [0.15, 0.2) is 9.84 Å². The van der Waals surface area contributed by atoms with Crippen molar-refractivity contribution in [2.75, 3.05) is 12.9 Å². The van der Waals surface area contributed by atoms with Gasteiger partial charge in [-0.3, -0.25) is 0 Å². The molecule has 0 aromatic heterocycles. The van der Waals surface area contributed by atoms with Gasteiger partial charge in [-0.25, -0.2) is 8.42 Å². The molecule has 1 saturated carbocycles. The minimum atomic E-state index is -3.10. The topological polar surface area (TPSA) is 54.4 Å². The van der Waals surface area contributed by atoms with Gasteiger partial charge in [-0.15, -0.1) is 0 Å². The van der Waals surface area contributed by atoms with E-state index in [1.807, 2.05) is 13.8 Å². The molecule has 0 spiro atoms. The van der Waals surface area contributed by atoms with Crippen LogP contribution in [-0.2, 0) is 9.84 Å². The predicted molar refractivity (Wildman–Crippen MR) is 43.1 cm³/mol. The molecule has 0 amide bonds. The summed E-state index contributed by atoms with van der Waals surface area (Å²) in [5, 5.41) is 8.95. The van der Waals surface area contributed by atoms with Gasteiger partial charge in [-0.05, 0) is 11.8 Å². The number of aliphatic hydroxyl groups excluding tert-OH is 1. The molecule has 3 nitrogen and oxygen atoms in total. The minimum absolute atomic E-state index is 0.241. The van der Waals surface area contributed by atoms with E-state index in [1.165, 1.54) is 6.26 Å². The van der Waals surface area contributed by atoms with Crippen molar-refractivity contribution in [3.05, 3.63) is 0 Å². The number of rotatable bonds is 2. The SMILES string of the molecule is CC1(C)CC1(CO)S(C)(=O)=O. The Morgan fingerprint density at radius 2 is 1.82 bits per heavy atom. The van der Waals surface area contributed by atoms with Crippen molar-refractivity contribution in [3.8, 4) is 0 Å². The molecule has 1 aliphatic carbocycles. The molecule has 0 heterocycles. The molecule has 0 bridgehead atoms. The Morgan fingerprint density at radius 3 is 1.82 bits per heavy atom. The second-order valence-electron chi connectivity index (χ2n) is 3.99. The van der Waals surface area contributed by atoms with Crippen LogP contribution in [0.15, 0.2) is 0 Å². The van der Waals surface area contributed by atoms with Crippen molar-refractivity contribution >= 4 is 9.84 Å². The Bertz CT molecular complexity index is 265. The molecule has 66 valence electrons. The Morgan fingerprint density at radius 1 is 1.45 bits per heavy atom. The zero-order valence-electron chi connectivity index (χ0n) is 7.09. The van der Waals surface area contributed by atoms with Crippen LogP contribution in [0.25, 0.3) is 0 Å². The molecular weight excluding hydrogens is 164 g/mol. The Hall–Kier alpha value is -0.0900. The fourth-order valence-corrected chi connectivity index (χ4v) is 3.55. The van der Waals surface area contributed by atoms with Crippen LogP contribution in [0.2, 0.25) is 0 Å². The first-order valence-corrected chi connectivity index (χ1v) is 5.46. The minimum Gasteiger partial charge on any atom is -0.395 e. The molecule has 1 rings (SSSR count). The van der Waals surface area contributed by atoms with Crippen molar-refractivity contribution in [1.29, 1.82) is 0 Å². The largest absolute Gasteiger partial charge is 0.395 e. The summed E-state index contributed by atoms with van der Waals surface area (Å²) in [6.07, 6.45) is 1.77. The molecule has 1 N–H and O–H groups in total. The summed E-state index contributed by atoms with van der Waals surface area (Å²) in [6, 6.07) is 0. The summed E-state index contributed by atoms with van der Waals surface area (Å²) < 4.78 is 21.6. The first kappa shape index (κ1) is 9.00. The van der Waals surface area contributed by atoms with Crippen molar-refractivity contribution in [2.24, 2.45) is 5.41 Å². The van der Waals surface area contributed by atoms with E-state index >= 15 is 0 Å². The molecule has 0 aromatic carbocycles. The molecule has 4 heteroatoms. The second kappa shape index (κ2) is 1.98. The highest BCUT2D eigenvalue weighted by atomic mass is 32.2. The molecule has 0 radical (unpaired) electrons. The zero-order valence-corrected chi connectivity index (χ0v) is 7.90. The Kier molecular flexibility index (Phi) is 1.62. The van der Waals surface area contributed by atoms with E-state index in [-0.39, 0.29) is 12.0 Å². The molecule has 1 atom stereocenters. The highest BCUT2D eigenvalue weighted by Gasteiger charge is 2.67. The standard InChI is InChI=1S/C7H14O3S/c1-6(2)4-7(6,5-8)11(3,9)10/h8H,4-5H2,1-3H3. The van der Waals surface area contributed by atoms with E-state index in [0.29, 0.717) is 6.42 Å². The van der Waals surface area contributed by atoms with Crippen LogP contribution >= 0.6 is 0 Å². The van der Waals surface area contributed by atoms with E-state index in [4.69, 9.17) is 5.11 Å². The molecule has 1 unspecified atom stereocenters. The monoisotopic (exact) mass is 178 g/mol. The van der Waals surface area contributed by atoms with Gasteiger partial charge >= 0.3 is 0 Å². The van der Waals surface area contributed by atoms with Crippen LogP contribution in [0.1, 0.15) is 20.3 Å². The molecular formula is C7H14O3S. The maximum atomic E-state index is 11.2. The summed E-state index contributed by atoms with van der Waals surface area (Å²) in [5.74, 6) is 0. The number of sulfone groups is 1. The van der Waals surface area contributed by atoms with E-state index in [9.17, 15) is 8.42 Å². The highest BCUT2D eigenvalue weighted by molar-refractivity contribution is 7.92. The molecule has 0 aromatic rings. The molecule has 0 saturated heterocycles. The third-order valence-electron chi connectivity index (χ3n) is 2.80. The van der Waals surface area contributed by atoms with Gasteiger partial charge in [0.25, 0.3) is 0 Å². The number of hydrogen-bond donors (Lipinski definition) is 1. The first-order valence-electron chi connectivity index (χ1n) is 3.57. The van der Waals surface area contributed by atoms with Crippen LogP contribution in [0, 0.1) is 5.41 Å². The molecule has 0 aliphatic heterocycles. The van der Waals surface area contributed by atoms with E-state index in [1.54, 1.807) is 0 Å². The fraction of sp³-hybridized carbons (Fsp3) is 1.00. The smallest absolute Gasteiger partial charge is 0.155 e. The molecule has 1 aliphatic rings. The molecule has 1 fully saturated rings. The summed E-state index contributed by atoms with van der Waals surface area (Å²) in [4.78, 5) is 0. The van der Waals surface area contributed by atoms with Gasteiger partial charge in [0.05, 0.1) is 6.61 Å². The summed E-state index contributed by atoms with van der Waals surface area (Å²) in [5.41, 5.74) is -0.241.